The normalized spacial score (nSPS) is 11.8. The van der Waals surface area contributed by atoms with Crippen molar-refractivity contribution in [2.24, 2.45) is 5.73 Å². The second kappa shape index (κ2) is 12.4. The Kier molecular flexibility index (Phi) is 11.4. The summed E-state index contributed by atoms with van der Waals surface area (Å²) in [5.41, 5.74) is 7.25. The van der Waals surface area contributed by atoms with E-state index in [1.807, 2.05) is 18.2 Å². The minimum Gasteiger partial charge on any atom is -0.481 e. The largest absolute Gasteiger partial charge is 0.481 e. The van der Waals surface area contributed by atoms with E-state index in [4.69, 9.17) is 15.6 Å². The van der Waals surface area contributed by atoms with Gasteiger partial charge in [-0.25, -0.2) is 0 Å². The second-order valence-corrected chi connectivity index (χ2v) is 4.80. The number of benzene rings is 1. The molecule has 0 aliphatic rings. The van der Waals surface area contributed by atoms with Crippen LogP contribution in [0.5, 0.6) is 0 Å². The molecule has 0 bridgehead atoms. The Bertz CT molecular complexity index is 370. The van der Waals surface area contributed by atoms with Crippen molar-refractivity contribution in [3.05, 3.63) is 42.0 Å². The lowest BCUT2D eigenvalue weighted by atomic mass is 10.1. The number of nitrogens with two attached hydrogens (primary N) is 1. The Morgan fingerprint density at radius 1 is 1.25 bits per heavy atom. The van der Waals surface area contributed by atoms with Crippen LogP contribution in [0.4, 0.5) is 0 Å². The van der Waals surface area contributed by atoms with Gasteiger partial charge in [-0.3, -0.25) is 4.79 Å². The Morgan fingerprint density at radius 3 is 2.40 bits per heavy atom. The molecule has 0 saturated heterocycles. The molecule has 0 fully saturated rings. The molecule has 1 aromatic carbocycles. The smallest absolute Gasteiger partial charge is 0.300 e. The number of hydrogen-bond acceptors (Lipinski definition) is 2. The fraction of sp³-hybridized carbons (Fsp3) is 0.471. The summed E-state index contributed by atoms with van der Waals surface area (Å²) >= 11 is 0. The molecule has 1 atom stereocenters. The fourth-order valence-electron chi connectivity index (χ4n) is 1.70. The van der Waals surface area contributed by atoms with Crippen LogP contribution >= 0.6 is 0 Å². The molecule has 3 heteroatoms. The highest BCUT2D eigenvalue weighted by atomic mass is 16.4. The number of carbonyl (C=O) groups is 1. The third kappa shape index (κ3) is 12.8. The van der Waals surface area contributed by atoms with Crippen LogP contribution < -0.4 is 5.73 Å². The maximum Gasteiger partial charge on any atom is 0.300 e. The molecule has 0 aliphatic carbocycles. The third-order valence-corrected chi connectivity index (χ3v) is 2.73. The van der Waals surface area contributed by atoms with E-state index in [0.717, 1.165) is 13.3 Å². The first-order valence-electron chi connectivity index (χ1n) is 7.24. The highest BCUT2D eigenvalue weighted by molar-refractivity contribution is 5.62. The number of carboxylic acid groups (broad SMARTS) is 1. The van der Waals surface area contributed by atoms with Crippen molar-refractivity contribution in [3.63, 3.8) is 0 Å². The van der Waals surface area contributed by atoms with Gasteiger partial charge in [-0.05, 0) is 12.0 Å². The van der Waals surface area contributed by atoms with Crippen LogP contribution in [0, 0.1) is 0 Å². The molecular weight excluding hydrogens is 250 g/mol. The van der Waals surface area contributed by atoms with Crippen molar-refractivity contribution in [1.29, 1.82) is 0 Å². The summed E-state index contributed by atoms with van der Waals surface area (Å²) in [6, 6.07) is 10.5. The van der Waals surface area contributed by atoms with Gasteiger partial charge in [0.1, 0.15) is 0 Å². The molecule has 20 heavy (non-hydrogen) atoms. The first-order valence-corrected chi connectivity index (χ1v) is 7.24. The molecule has 0 radical (unpaired) electrons. The first-order chi connectivity index (χ1) is 9.56. The van der Waals surface area contributed by atoms with Gasteiger partial charge in [-0.1, -0.05) is 75.1 Å². The van der Waals surface area contributed by atoms with Crippen molar-refractivity contribution >= 4 is 12.0 Å². The number of carboxylic acids is 1. The van der Waals surface area contributed by atoms with Crippen LogP contribution in [0.2, 0.25) is 0 Å². The predicted octanol–water partition coefficient (Wildman–Crippen LogP) is 4.09. The molecule has 0 saturated carbocycles. The minimum absolute atomic E-state index is 0.206. The van der Waals surface area contributed by atoms with E-state index in [2.05, 4.69) is 31.2 Å². The summed E-state index contributed by atoms with van der Waals surface area (Å²) in [5.74, 6) is -0.833. The summed E-state index contributed by atoms with van der Waals surface area (Å²) in [6.07, 6.45) is 10.5. The molecule has 0 heterocycles. The zero-order valence-corrected chi connectivity index (χ0v) is 12.6. The first kappa shape index (κ1) is 18.4. The zero-order valence-electron chi connectivity index (χ0n) is 12.6. The van der Waals surface area contributed by atoms with Crippen LogP contribution in [0.25, 0.3) is 6.08 Å². The van der Waals surface area contributed by atoms with Crippen molar-refractivity contribution in [2.45, 2.75) is 52.0 Å². The van der Waals surface area contributed by atoms with Crippen LogP contribution in [0.15, 0.2) is 36.4 Å². The lowest BCUT2D eigenvalue weighted by molar-refractivity contribution is -0.134. The monoisotopic (exact) mass is 277 g/mol. The molecular formula is C17H27NO2. The van der Waals surface area contributed by atoms with Gasteiger partial charge >= 0.3 is 0 Å². The minimum atomic E-state index is -0.833. The lowest BCUT2D eigenvalue weighted by Gasteiger charge is -2.05. The zero-order chi connectivity index (χ0) is 15.2. The van der Waals surface area contributed by atoms with Gasteiger partial charge in [0.25, 0.3) is 5.97 Å². The molecule has 0 amide bonds. The molecule has 3 N–H and O–H groups in total. The summed E-state index contributed by atoms with van der Waals surface area (Å²) in [5, 5.41) is 7.42. The van der Waals surface area contributed by atoms with E-state index >= 15 is 0 Å². The highest BCUT2D eigenvalue weighted by Gasteiger charge is 1.96. The maximum atomic E-state index is 9.00. The summed E-state index contributed by atoms with van der Waals surface area (Å²) in [4.78, 5) is 9.00. The Balaban J connectivity index is 0.000000796. The molecule has 1 unspecified atom stereocenters. The summed E-state index contributed by atoms with van der Waals surface area (Å²) in [6.45, 7) is 3.31. The van der Waals surface area contributed by atoms with E-state index in [1.165, 1.54) is 31.2 Å². The van der Waals surface area contributed by atoms with Crippen LogP contribution in [0.1, 0.15) is 51.5 Å². The quantitative estimate of drug-likeness (QED) is 0.738. The van der Waals surface area contributed by atoms with Gasteiger partial charge in [0.15, 0.2) is 0 Å². The van der Waals surface area contributed by atoms with Crippen molar-refractivity contribution in [1.82, 2.24) is 0 Å². The Hall–Kier alpha value is -1.61. The van der Waals surface area contributed by atoms with E-state index < -0.39 is 5.97 Å². The van der Waals surface area contributed by atoms with E-state index in [-0.39, 0.29) is 6.04 Å². The van der Waals surface area contributed by atoms with E-state index in [0.29, 0.717) is 0 Å². The molecule has 0 spiro atoms. The number of aliphatic carboxylic acids is 1. The molecule has 0 aliphatic heterocycles. The number of hydrogen-bond donors (Lipinski definition) is 2. The predicted molar refractivity (Wildman–Crippen MR) is 85.5 cm³/mol. The fourth-order valence-corrected chi connectivity index (χ4v) is 1.70. The Labute approximate surface area is 122 Å². The molecule has 0 aromatic heterocycles. The maximum absolute atomic E-state index is 9.00. The number of rotatable bonds is 7. The van der Waals surface area contributed by atoms with Gasteiger partial charge in [0.2, 0.25) is 0 Å². The van der Waals surface area contributed by atoms with Gasteiger partial charge < -0.3 is 10.8 Å². The van der Waals surface area contributed by atoms with E-state index in [9.17, 15) is 0 Å². The van der Waals surface area contributed by atoms with Crippen LogP contribution in [0.3, 0.4) is 0 Å². The van der Waals surface area contributed by atoms with Crippen molar-refractivity contribution < 1.29 is 9.90 Å². The summed E-state index contributed by atoms with van der Waals surface area (Å²) in [7, 11) is 0. The Morgan fingerprint density at radius 2 is 1.85 bits per heavy atom. The number of unbranched alkanes of at least 4 members (excludes halogenated alkanes) is 3. The average molecular weight is 277 g/mol. The third-order valence-electron chi connectivity index (χ3n) is 2.73. The molecule has 1 aromatic rings. The topological polar surface area (TPSA) is 63.3 Å². The SMILES string of the molecule is CC(=O)O.CCCCCCC(N)C=Cc1ccccc1. The highest BCUT2D eigenvalue weighted by Crippen LogP contribution is 2.07. The molecule has 1 rings (SSSR count). The molecule has 112 valence electrons. The summed E-state index contributed by atoms with van der Waals surface area (Å²) < 4.78 is 0. The van der Waals surface area contributed by atoms with Gasteiger partial charge in [-0.15, -0.1) is 0 Å². The lowest BCUT2D eigenvalue weighted by Crippen LogP contribution is -2.16. The molecule has 3 nitrogen and oxygen atoms in total. The standard InChI is InChI=1S/C15H23N.C2H4O2/c1-2-3-4-8-11-15(16)13-12-14-9-6-5-7-10-14;1-2(3)4/h5-7,9-10,12-13,15H,2-4,8,11,16H2,1H3;1H3,(H,3,4). The van der Waals surface area contributed by atoms with Gasteiger partial charge in [-0.2, -0.15) is 0 Å². The van der Waals surface area contributed by atoms with Crippen molar-refractivity contribution in [3.8, 4) is 0 Å². The van der Waals surface area contributed by atoms with Gasteiger partial charge in [0.05, 0.1) is 0 Å². The second-order valence-electron chi connectivity index (χ2n) is 4.80. The van der Waals surface area contributed by atoms with Crippen LogP contribution in [-0.2, 0) is 4.79 Å². The van der Waals surface area contributed by atoms with Crippen molar-refractivity contribution in [2.75, 3.05) is 0 Å². The van der Waals surface area contributed by atoms with Gasteiger partial charge in [0, 0.05) is 13.0 Å². The van der Waals surface area contributed by atoms with Crippen LogP contribution in [-0.4, -0.2) is 17.1 Å². The average Bonchev–Trinajstić information content (AvgIpc) is 2.42. The van der Waals surface area contributed by atoms with E-state index in [1.54, 1.807) is 0 Å².